The van der Waals surface area contributed by atoms with Crippen LogP contribution in [0, 0.1) is 0 Å². The van der Waals surface area contributed by atoms with Gasteiger partial charge in [0, 0.05) is 10.7 Å². The summed E-state index contributed by atoms with van der Waals surface area (Å²) < 4.78 is 1.88. The minimum Gasteiger partial charge on any atom is -0.324 e. The highest BCUT2D eigenvalue weighted by molar-refractivity contribution is 8.00. The molecule has 0 bridgehead atoms. The van der Waals surface area contributed by atoms with Gasteiger partial charge in [-0.05, 0) is 55.9 Å². The number of hydrogen-bond acceptors (Lipinski definition) is 7. The molecule has 0 fully saturated rings. The number of anilines is 1. The molecule has 2 aromatic heterocycles. The maximum Gasteiger partial charge on any atom is 0.234 e. The number of nitrogens with one attached hydrogen (secondary N) is 1. The molecule has 186 valence electrons. The largest absolute Gasteiger partial charge is 0.324 e. The van der Waals surface area contributed by atoms with Gasteiger partial charge in [0.15, 0.2) is 10.8 Å². The van der Waals surface area contributed by atoms with Crippen molar-refractivity contribution in [2.75, 3.05) is 11.1 Å². The van der Waals surface area contributed by atoms with Crippen LogP contribution in [0.15, 0.2) is 50.7 Å². The second-order valence-corrected chi connectivity index (χ2v) is 12.0. The maximum atomic E-state index is 12.5. The molecule has 0 saturated carbocycles. The number of dihydropyridines is 1. The smallest absolute Gasteiger partial charge is 0.234 e. The van der Waals surface area contributed by atoms with E-state index in [-0.39, 0.29) is 23.0 Å². The highest BCUT2D eigenvalue weighted by Gasteiger charge is 2.44. The Morgan fingerprint density at radius 1 is 1.28 bits per heavy atom. The lowest BCUT2D eigenvalue weighted by Crippen LogP contribution is -2.21. The van der Waals surface area contributed by atoms with Crippen LogP contribution in [0.1, 0.15) is 57.1 Å². The lowest BCUT2D eigenvalue weighted by atomic mass is 9.87. The van der Waals surface area contributed by atoms with Gasteiger partial charge in [-0.15, -0.1) is 10.2 Å². The molecule has 4 heterocycles. The van der Waals surface area contributed by atoms with Crippen molar-refractivity contribution in [3.8, 4) is 0 Å². The number of carbonyl (C=O) groups is 1. The van der Waals surface area contributed by atoms with Crippen molar-refractivity contribution >= 4 is 69.7 Å². The van der Waals surface area contributed by atoms with Crippen LogP contribution < -0.4 is 5.32 Å². The molecule has 7 nitrogen and oxygen atoms in total. The molecule has 36 heavy (non-hydrogen) atoms. The number of benzene rings is 1. The zero-order valence-corrected chi connectivity index (χ0v) is 22.8. The van der Waals surface area contributed by atoms with Gasteiger partial charge >= 0.3 is 0 Å². The van der Waals surface area contributed by atoms with E-state index >= 15 is 0 Å². The third-order valence-corrected chi connectivity index (χ3v) is 9.54. The Hall–Kier alpha value is -2.07. The number of hydrogen-bond donors (Lipinski definition) is 1. The van der Waals surface area contributed by atoms with Gasteiger partial charge in [-0.1, -0.05) is 65.6 Å². The number of nitrogens with zero attached hydrogens (tertiary/aromatic N) is 5. The standard InChI is InChI=1S/C25H24Cl2N6OS2/c1-2-3-7-17-14-5-4-6-15(14)20-21-22(36-24(20)30-17)23-31-32-25(33(23)12-28-21)35-11-19(34)29-18-9-8-13(26)10-16(18)27/h8-10,12,20,24H,2-7,11H2,1H3,(H,29,34)/t20-,24+/m1/s1. The molecule has 3 aliphatic rings. The fraction of sp³-hybridized carbons (Fsp3) is 0.400. The Labute approximate surface area is 227 Å². The van der Waals surface area contributed by atoms with E-state index in [1.165, 1.54) is 47.9 Å². The third kappa shape index (κ3) is 4.34. The quantitative estimate of drug-likeness (QED) is 0.321. The van der Waals surface area contributed by atoms with Gasteiger partial charge in [0.2, 0.25) is 5.91 Å². The fourth-order valence-corrected chi connectivity index (χ4v) is 7.72. The van der Waals surface area contributed by atoms with Gasteiger partial charge in [-0.3, -0.25) is 14.2 Å². The summed E-state index contributed by atoms with van der Waals surface area (Å²) in [6.45, 7) is 2.23. The van der Waals surface area contributed by atoms with Crippen molar-refractivity contribution < 1.29 is 4.79 Å². The van der Waals surface area contributed by atoms with Crippen molar-refractivity contribution in [3.63, 3.8) is 0 Å². The molecule has 3 aromatic rings. The summed E-state index contributed by atoms with van der Waals surface area (Å²) in [5.41, 5.74) is 6.72. The van der Waals surface area contributed by atoms with Crippen LogP contribution in [0.3, 0.4) is 0 Å². The highest BCUT2D eigenvalue weighted by Crippen LogP contribution is 2.55. The zero-order valence-electron chi connectivity index (χ0n) is 19.6. The molecule has 1 N–H and O–H groups in total. The summed E-state index contributed by atoms with van der Waals surface area (Å²) in [4.78, 5) is 23.7. The number of allylic oxidation sites excluding steroid dienone is 1. The fourth-order valence-electron chi connectivity index (χ4n) is 5.16. The number of rotatable bonds is 7. The number of aliphatic imine (C=N–C) groups is 1. The molecule has 0 unspecified atom stereocenters. The second-order valence-electron chi connectivity index (χ2n) is 9.12. The van der Waals surface area contributed by atoms with Gasteiger partial charge in [0.25, 0.3) is 0 Å². The summed E-state index contributed by atoms with van der Waals surface area (Å²) in [5.74, 6) is 0.210. The van der Waals surface area contributed by atoms with E-state index in [1.807, 2.05) is 4.40 Å². The number of thioether (sulfide) groups is 2. The second kappa shape index (κ2) is 10.0. The molecule has 1 aliphatic carbocycles. The molecule has 0 saturated heterocycles. The van der Waals surface area contributed by atoms with E-state index in [0.717, 1.165) is 35.5 Å². The lowest BCUT2D eigenvalue weighted by molar-refractivity contribution is -0.113. The van der Waals surface area contributed by atoms with Gasteiger partial charge in [-0.25, -0.2) is 4.98 Å². The van der Waals surface area contributed by atoms with E-state index in [9.17, 15) is 4.79 Å². The van der Waals surface area contributed by atoms with E-state index in [4.69, 9.17) is 33.2 Å². The highest BCUT2D eigenvalue weighted by atomic mass is 35.5. The number of aromatic nitrogens is 4. The molecule has 1 amide bonds. The number of halogens is 2. The lowest BCUT2D eigenvalue weighted by Gasteiger charge is -2.26. The van der Waals surface area contributed by atoms with Crippen LogP contribution in [0.4, 0.5) is 5.69 Å². The molecule has 2 aliphatic heterocycles. The third-order valence-electron chi connectivity index (χ3n) is 6.80. The zero-order chi connectivity index (χ0) is 24.8. The minimum absolute atomic E-state index is 0.130. The Morgan fingerprint density at radius 2 is 2.17 bits per heavy atom. The van der Waals surface area contributed by atoms with Crippen LogP contribution in [-0.4, -0.2) is 42.3 Å². The van der Waals surface area contributed by atoms with Crippen molar-refractivity contribution in [2.45, 2.75) is 66.8 Å². The molecular formula is C25H24Cl2N6OS2. The summed E-state index contributed by atoms with van der Waals surface area (Å²) >= 11 is 15.2. The first-order chi connectivity index (χ1) is 17.5. The van der Waals surface area contributed by atoms with Crippen molar-refractivity contribution in [2.24, 2.45) is 4.99 Å². The minimum atomic E-state index is -0.190. The summed E-state index contributed by atoms with van der Waals surface area (Å²) in [7, 11) is 0. The first-order valence-corrected chi connectivity index (χ1v) is 14.7. The molecule has 0 spiro atoms. The van der Waals surface area contributed by atoms with Crippen LogP contribution in [0.2, 0.25) is 10.0 Å². The van der Waals surface area contributed by atoms with Crippen LogP contribution in [0.25, 0.3) is 5.65 Å². The molecule has 6 rings (SSSR count). The predicted molar refractivity (Wildman–Crippen MR) is 147 cm³/mol. The Kier molecular flexibility index (Phi) is 6.75. The molecule has 1 aromatic carbocycles. The summed E-state index contributed by atoms with van der Waals surface area (Å²) in [6, 6.07) is 4.97. The van der Waals surface area contributed by atoms with Crippen molar-refractivity contribution in [1.29, 1.82) is 0 Å². The SMILES string of the molecule is CCCCC1=N[C@H]2Sc3c(ncn4c(SCC(=O)Nc5ccc(Cl)cc5Cl)nnc34)[C@H]2C2=C1CCC2. The maximum absolute atomic E-state index is 12.5. The van der Waals surface area contributed by atoms with Crippen LogP contribution in [0.5, 0.6) is 0 Å². The number of amides is 1. The van der Waals surface area contributed by atoms with Crippen molar-refractivity contribution in [1.82, 2.24) is 19.6 Å². The first kappa shape index (κ1) is 24.3. The monoisotopic (exact) mass is 558 g/mol. The number of carbonyl (C=O) groups excluding carboxylic acids is 1. The Balaban J connectivity index is 1.22. The molecule has 2 atom stereocenters. The summed E-state index contributed by atoms with van der Waals surface area (Å²) in [5, 5.41) is 13.3. The predicted octanol–water partition coefficient (Wildman–Crippen LogP) is 6.80. The number of fused-ring (bicyclic) bond motifs is 6. The van der Waals surface area contributed by atoms with Gasteiger partial charge in [-0.2, -0.15) is 0 Å². The topological polar surface area (TPSA) is 84.5 Å². The average molecular weight is 560 g/mol. The van der Waals surface area contributed by atoms with Gasteiger partial charge < -0.3 is 5.32 Å². The number of unbranched alkanes of at least 4 members (excludes halogenated alkanes) is 1. The van der Waals surface area contributed by atoms with Crippen LogP contribution in [-0.2, 0) is 4.79 Å². The molecule has 0 radical (unpaired) electrons. The Morgan fingerprint density at radius 3 is 3.00 bits per heavy atom. The van der Waals surface area contributed by atoms with Crippen LogP contribution >= 0.6 is 46.7 Å². The van der Waals surface area contributed by atoms with Gasteiger partial charge in [0.1, 0.15) is 11.7 Å². The van der Waals surface area contributed by atoms with Crippen molar-refractivity contribution in [3.05, 3.63) is 51.4 Å². The molecule has 11 heteroatoms. The average Bonchev–Trinajstić information content (AvgIpc) is 3.59. The van der Waals surface area contributed by atoms with E-state index in [2.05, 4.69) is 22.4 Å². The van der Waals surface area contributed by atoms with E-state index < -0.39 is 0 Å². The van der Waals surface area contributed by atoms with E-state index in [1.54, 1.807) is 36.3 Å². The van der Waals surface area contributed by atoms with Gasteiger partial charge in [0.05, 0.1) is 33.0 Å². The first-order valence-electron chi connectivity index (χ1n) is 12.1. The summed E-state index contributed by atoms with van der Waals surface area (Å²) in [6.07, 6.45) is 8.68. The van der Waals surface area contributed by atoms with E-state index in [0.29, 0.717) is 20.9 Å². The molecular weight excluding hydrogens is 535 g/mol. The normalized spacial score (nSPS) is 20.4. The Bertz CT molecular complexity index is 1440.